The highest BCUT2D eigenvalue weighted by Gasteiger charge is 2.31. The number of hydrogen-bond acceptors (Lipinski definition) is 2. The van der Waals surface area contributed by atoms with Gasteiger partial charge >= 0.3 is 0 Å². The van der Waals surface area contributed by atoms with Crippen molar-refractivity contribution in [2.24, 2.45) is 5.92 Å². The number of aryl methyl sites for hydroxylation is 2. The van der Waals surface area contributed by atoms with Gasteiger partial charge < -0.3 is 5.32 Å². The summed E-state index contributed by atoms with van der Waals surface area (Å²) in [5.41, 5.74) is 5.60. The van der Waals surface area contributed by atoms with Gasteiger partial charge in [0.05, 0.1) is 5.69 Å². The Labute approximate surface area is 143 Å². The zero-order chi connectivity index (χ0) is 15.6. The molecule has 4 rings (SSSR count). The monoisotopic (exact) mass is 326 g/mol. The van der Waals surface area contributed by atoms with E-state index in [0.29, 0.717) is 11.8 Å². The summed E-state index contributed by atoms with van der Waals surface area (Å²) in [6.45, 7) is 2.26. The van der Waals surface area contributed by atoms with E-state index in [-0.39, 0.29) is 0 Å². The number of rotatable bonds is 1. The van der Waals surface area contributed by atoms with E-state index in [9.17, 15) is 0 Å². The number of benzene rings is 1. The summed E-state index contributed by atoms with van der Waals surface area (Å²) >= 11 is 6.28. The molecule has 0 spiro atoms. The van der Waals surface area contributed by atoms with Crippen molar-refractivity contribution in [1.82, 2.24) is 10.3 Å². The van der Waals surface area contributed by atoms with Crippen LogP contribution in [0.5, 0.6) is 0 Å². The fourth-order valence-electron chi connectivity index (χ4n) is 4.31. The number of nitrogens with one attached hydrogen (secondary N) is 1. The first kappa shape index (κ1) is 15.2. The molecule has 0 amide bonds. The molecular formula is C20H23ClN2. The molecule has 3 heteroatoms. The van der Waals surface area contributed by atoms with Crippen molar-refractivity contribution in [2.45, 2.75) is 38.0 Å². The van der Waals surface area contributed by atoms with Gasteiger partial charge in [-0.2, -0.15) is 0 Å². The first-order valence-electron chi connectivity index (χ1n) is 8.76. The number of pyridine rings is 1. The van der Waals surface area contributed by atoms with E-state index in [2.05, 4.69) is 35.6 Å². The average Bonchev–Trinajstić information content (AvgIpc) is 2.92. The Morgan fingerprint density at radius 1 is 1.04 bits per heavy atom. The second-order valence-corrected chi connectivity index (χ2v) is 7.25. The third-order valence-corrected chi connectivity index (χ3v) is 5.65. The number of hydrogen-bond donors (Lipinski definition) is 1. The minimum atomic E-state index is 0.417. The van der Waals surface area contributed by atoms with E-state index < -0.39 is 0 Å². The van der Waals surface area contributed by atoms with Gasteiger partial charge in [0.15, 0.2) is 0 Å². The Balaban J connectivity index is 1.84. The van der Waals surface area contributed by atoms with Crippen molar-refractivity contribution in [1.29, 1.82) is 0 Å². The number of fused-ring (bicyclic) bond motifs is 2. The van der Waals surface area contributed by atoms with Gasteiger partial charge in [-0.05, 0) is 86.0 Å². The summed E-state index contributed by atoms with van der Waals surface area (Å²) in [6.07, 6.45) is 7.85. The molecule has 1 aliphatic carbocycles. The minimum absolute atomic E-state index is 0.417. The molecule has 23 heavy (non-hydrogen) atoms. The smallest absolute Gasteiger partial charge is 0.0513 e. The van der Waals surface area contributed by atoms with Gasteiger partial charge in [0.2, 0.25) is 0 Å². The second-order valence-electron chi connectivity index (χ2n) is 6.81. The molecule has 1 fully saturated rings. The summed E-state index contributed by atoms with van der Waals surface area (Å²) in [5, 5.41) is 4.40. The van der Waals surface area contributed by atoms with Crippen molar-refractivity contribution in [3.05, 3.63) is 63.9 Å². The molecule has 120 valence electrons. The molecule has 2 aromatic rings. The Hall–Kier alpha value is -1.38. The fraction of sp³-hybridized carbons (Fsp3) is 0.450. The fourth-order valence-corrected chi connectivity index (χ4v) is 4.50. The van der Waals surface area contributed by atoms with Crippen molar-refractivity contribution >= 4 is 11.6 Å². The van der Waals surface area contributed by atoms with E-state index >= 15 is 0 Å². The molecule has 1 saturated heterocycles. The van der Waals surface area contributed by atoms with E-state index in [4.69, 9.17) is 16.6 Å². The van der Waals surface area contributed by atoms with Gasteiger partial charge in [0.25, 0.3) is 0 Å². The maximum atomic E-state index is 6.28. The van der Waals surface area contributed by atoms with Crippen LogP contribution < -0.4 is 5.32 Å². The Morgan fingerprint density at radius 2 is 1.96 bits per heavy atom. The second kappa shape index (κ2) is 6.62. The molecule has 2 aliphatic rings. The zero-order valence-electron chi connectivity index (χ0n) is 13.4. The van der Waals surface area contributed by atoms with Gasteiger partial charge in [-0.3, -0.25) is 4.98 Å². The third kappa shape index (κ3) is 3.02. The first-order valence-corrected chi connectivity index (χ1v) is 9.13. The standard InChI is InChI=1S/C20H23ClN2/c21-17-7-8-18-16(13-17)6-5-15-4-2-11-23-20(15)19(18)14-3-1-10-22-12-9-14/h2,4,7-8,11,13-14,19,22H,1,3,5-6,9-10,12H2. The van der Waals surface area contributed by atoms with Crippen molar-refractivity contribution in [3.8, 4) is 0 Å². The van der Waals surface area contributed by atoms with Gasteiger partial charge in [-0.25, -0.2) is 0 Å². The third-order valence-electron chi connectivity index (χ3n) is 5.42. The summed E-state index contributed by atoms with van der Waals surface area (Å²) in [6, 6.07) is 10.8. The average molecular weight is 327 g/mol. The van der Waals surface area contributed by atoms with Crippen LogP contribution in [0.15, 0.2) is 36.5 Å². The molecule has 0 bridgehead atoms. The van der Waals surface area contributed by atoms with Gasteiger partial charge in [-0.1, -0.05) is 23.7 Å². The van der Waals surface area contributed by atoms with E-state index in [0.717, 1.165) is 31.0 Å². The van der Waals surface area contributed by atoms with E-state index in [1.165, 1.54) is 41.6 Å². The Bertz CT molecular complexity index is 690. The van der Waals surface area contributed by atoms with Crippen molar-refractivity contribution in [2.75, 3.05) is 13.1 Å². The number of halogens is 1. The van der Waals surface area contributed by atoms with Crippen molar-refractivity contribution < 1.29 is 0 Å². The lowest BCUT2D eigenvalue weighted by Gasteiger charge is -2.27. The maximum absolute atomic E-state index is 6.28. The van der Waals surface area contributed by atoms with Crippen LogP contribution in [0.25, 0.3) is 0 Å². The molecular weight excluding hydrogens is 304 g/mol. The highest BCUT2D eigenvalue weighted by Crippen LogP contribution is 2.42. The van der Waals surface area contributed by atoms with Crippen LogP contribution in [0.4, 0.5) is 0 Å². The molecule has 1 aliphatic heterocycles. The molecule has 1 aromatic heterocycles. The molecule has 0 radical (unpaired) electrons. The summed E-state index contributed by atoms with van der Waals surface area (Å²) in [7, 11) is 0. The predicted molar refractivity (Wildman–Crippen MR) is 95.2 cm³/mol. The summed E-state index contributed by atoms with van der Waals surface area (Å²) < 4.78 is 0. The lowest BCUT2D eigenvalue weighted by Crippen LogP contribution is -2.19. The summed E-state index contributed by atoms with van der Waals surface area (Å²) in [4.78, 5) is 4.83. The van der Waals surface area contributed by atoms with Crippen LogP contribution in [0.2, 0.25) is 5.02 Å². The van der Waals surface area contributed by atoms with Crippen LogP contribution in [-0.4, -0.2) is 18.1 Å². The molecule has 2 heterocycles. The van der Waals surface area contributed by atoms with Crippen LogP contribution in [0.3, 0.4) is 0 Å². The first-order chi connectivity index (χ1) is 11.3. The molecule has 2 atom stereocenters. The van der Waals surface area contributed by atoms with E-state index in [1.807, 2.05) is 6.20 Å². The number of aromatic nitrogens is 1. The van der Waals surface area contributed by atoms with Crippen LogP contribution >= 0.6 is 11.6 Å². The zero-order valence-corrected chi connectivity index (χ0v) is 14.1. The topological polar surface area (TPSA) is 24.9 Å². The quantitative estimate of drug-likeness (QED) is 0.842. The highest BCUT2D eigenvalue weighted by atomic mass is 35.5. The predicted octanol–water partition coefficient (Wildman–Crippen LogP) is 4.36. The lowest BCUT2D eigenvalue weighted by atomic mass is 9.77. The molecule has 2 unspecified atom stereocenters. The lowest BCUT2D eigenvalue weighted by molar-refractivity contribution is 0.415. The highest BCUT2D eigenvalue weighted by molar-refractivity contribution is 6.30. The van der Waals surface area contributed by atoms with Gasteiger partial charge in [-0.15, -0.1) is 0 Å². The minimum Gasteiger partial charge on any atom is -0.317 e. The summed E-state index contributed by atoms with van der Waals surface area (Å²) in [5.74, 6) is 1.08. The molecule has 1 aromatic carbocycles. The van der Waals surface area contributed by atoms with Gasteiger partial charge in [0, 0.05) is 17.1 Å². The Kier molecular flexibility index (Phi) is 4.37. The molecule has 1 N–H and O–H groups in total. The van der Waals surface area contributed by atoms with Crippen LogP contribution in [0.1, 0.15) is 47.6 Å². The van der Waals surface area contributed by atoms with Crippen LogP contribution in [-0.2, 0) is 12.8 Å². The van der Waals surface area contributed by atoms with Crippen LogP contribution in [0, 0.1) is 5.92 Å². The maximum Gasteiger partial charge on any atom is 0.0513 e. The van der Waals surface area contributed by atoms with Crippen molar-refractivity contribution in [3.63, 3.8) is 0 Å². The Morgan fingerprint density at radius 3 is 2.91 bits per heavy atom. The van der Waals surface area contributed by atoms with E-state index in [1.54, 1.807) is 0 Å². The normalized spacial score (nSPS) is 24.2. The molecule has 2 nitrogen and oxygen atoms in total. The largest absolute Gasteiger partial charge is 0.317 e. The molecule has 0 saturated carbocycles. The number of nitrogens with zero attached hydrogens (tertiary/aromatic N) is 1. The SMILES string of the molecule is Clc1ccc2c(c1)CCc1cccnc1C2C1CCCNCC1. The van der Waals surface area contributed by atoms with Gasteiger partial charge in [0.1, 0.15) is 0 Å².